The van der Waals surface area contributed by atoms with Gasteiger partial charge in [0.05, 0.1) is 0 Å². The van der Waals surface area contributed by atoms with Gasteiger partial charge in [0.1, 0.15) is 0 Å². The van der Waals surface area contributed by atoms with Crippen LogP contribution in [0.5, 0.6) is 0 Å². The Balaban J connectivity index is 1.79. The van der Waals surface area contributed by atoms with E-state index in [0.717, 1.165) is 104 Å². The first kappa shape index (κ1) is 24.7. The van der Waals surface area contributed by atoms with Crippen molar-refractivity contribution in [1.82, 2.24) is 44.9 Å². The summed E-state index contributed by atoms with van der Waals surface area (Å²) in [6.07, 6.45) is 9.02. The van der Waals surface area contributed by atoms with E-state index in [9.17, 15) is 0 Å². The van der Waals surface area contributed by atoms with Gasteiger partial charge in [-0.15, -0.1) is 0 Å². The number of hydrogen-bond donors (Lipinski definition) is 0. The monoisotopic (exact) mass is 645 g/mol. The van der Waals surface area contributed by atoms with Crippen LogP contribution in [-0.2, 0) is 19.3 Å². The second kappa shape index (κ2) is 12.3. The fourth-order valence-electron chi connectivity index (χ4n) is 2.99. The summed E-state index contributed by atoms with van der Waals surface area (Å²) in [5.74, 6) is 2.55. The minimum absolute atomic E-state index is 0.197. The SMILES string of the molecule is CCCCc1nc2nc(n1)[Se]c1nc(CCCC)nc(n1)[Se]c1nc(CCCC)nc(n1)[Se]2. The van der Waals surface area contributed by atoms with Gasteiger partial charge in [-0.1, -0.05) is 0 Å². The van der Waals surface area contributed by atoms with E-state index in [0.29, 0.717) is 0 Å². The quantitative estimate of drug-likeness (QED) is 0.184. The predicted molar refractivity (Wildman–Crippen MR) is 130 cm³/mol. The van der Waals surface area contributed by atoms with E-state index < -0.39 is 0 Å². The maximum atomic E-state index is 4.80. The number of rotatable bonds is 9. The molecule has 0 unspecified atom stereocenters. The Morgan fingerprint density at radius 2 is 0.636 bits per heavy atom. The Hall–Kier alpha value is -1.41. The van der Waals surface area contributed by atoms with Gasteiger partial charge < -0.3 is 0 Å². The second-order valence-electron chi connectivity index (χ2n) is 7.57. The zero-order valence-corrected chi connectivity index (χ0v) is 24.3. The molecule has 12 heteroatoms. The van der Waals surface area contributed by atoms with Gasteiger partial charge in [-0.2, -0.15) is 0 Å². The van der Waals surface area contributed by atoms with Crippen LogP contribution in [0.1, 0.15) is 76.8 Å². The van der Waals surface area contributed by atoms with Gasteiger partial charge in [-0.05, 0) is 0 Å². The first-order valence-corrected chi connectivity index (χ1v) is 16.6. The Labute approximate surface area is 213 Å². The third kappa shape index (κ3) is 7.28. The molecule has 174 valence electrons. The Kier molecular flexibility index (Phi) is 9.24. The van der Waals surface area contributed by atoms with Crippen LogP contribution in [0.3, 0.4) is 0 Å². The van der Waals surface area contributed by atoms with Gasteiger partial charge in [0.2, 0.25) is 0 Å². The van der Waals surface area contributed by atoms with E-state index in [2.05, 4.69) is 20.8 Å². The van der Waals surface area contributed by atoms with E-state index in [4.69, 9.17) is 44.9 Å². The van der Waals surface area contributed by atoms with Crippen LogP contribution in [-0.4, -0.2) is 89.7 Å². The number of unbranched alkanes of at least 4 members (excludes halogenated alkanes) is 3. The molecule has 0 fully saturated rings. The van der Waals surface area contributed by atoms with Crippen LogP contribution in [0.25, 0.3) is 0 Å². The average Bonchev–Trinajstić information content (AvgIpc) is 2.79. The number of fused-ring (bicyclic) bond motifs is 6. The molecule has 4 heterocycles. The summed E-state index contributed by atoms with van der Waals surface area (Å²) < 4.78 is 4.71. The van der Waals surface area contributed by atoms with E-state index >= 15 is 0 Å². The molecule has 3 aromatic heterocycles. The third-order valence-electron chi connectivity index (χ3n) is 4.73. The zero-order valence-electron chi connectivity index (χ0n) is 19.1. The summed E-state index contributed by atoms with van der Waals surface area (Å²) in [6, 6.07) is 0. The molecule has 0 spiro atoms. The van der Waals surface area contributed by atoms with Gasteiger partial charge in [0.25, 0.3) is 0 Å². The Bertz CT molecular complexity index is 899. The molecule has 0 aromatic carbocycles. The number of nitrogens with zero attached hydrogens (tertiary/aromatic N) is 9. The van der Waals surface area contributed by atoms with Crippen LogP contribution >= 0.6 is 0 Å². The third-order valence-corrected chi connectivity index (χ3v) is 9.33. The Morgan fingerprint density at radius 1 is 0.394 bits per heavy atom. The molecule has 0 radical (unpaired) electrons. The van der Waals surface area contributed by atoms with Crippen molar-refractivity contribution in [3.63, 3.8) is 0 Å². The molecule has 0 aliphatic carbocycles. The molecule has 0 N–H and O–H groups in total. The molecular weight excluding hydrogens is 615 g/mol. The fraction of sp³-hybridized carbons (Fsp3) is 0.571. The number of hydrogen-bond acceptors (Lipinski definition) is 9. The maximum absolute atomic E-state index is 4.80. The molecule has 0 saturated heterocycles. The molecule has 0 saturated carbocycles. The van der Waals surface area contributed by atoms with Crippen LogP contribution in [0.15, 0.2) is 0 Å². The second-order valence-corrected chi connectivity index (χ2v) is 13.4. The van der Waals surface area contributed by atoms with Gasteiger partial charge in [-0.3, -0.25) is 0 Å². The molecule has 3 aromatic rings. The number of aryl methyl sites for hydroxylation is 3. The van der Waals surface area contributed by atoms with E-state index in [1.807, 2.05) is 0 Å². The molecule has 4 rings (SSSR count). The summed E-state index contributed by atoms with van der Waals surface area (Å²) in [7, 11) is 0. The van der Waals surface area contributed by atoms with Crippen molar-refractivity contribution in [3.05, 3.63) is 17.5 Å². The van der Waals surface area contributed by atoms with Crippen LogP contribution in [0, 0.1) is 0 Å². The summed E-state index contributed by atoms with van der Waals surface area (Å²) >= 11 is -0.592. The van der Waals surface area contributed by atoms with Crippen LogP contribution in [0.2, 0.25) is 0 Å². The molecule has 9 nitrogen and oxygen atoms in total. The summed E-state index contributed by atoms with van der Waals surface area (Å²) in [5, 5.41) is 0. The number of aromatic nitrogens is 9. The van der Waals surface area contributed by atoms with Crippen LogP contribution in [0.4, 0.5) is 0 Å². The van der Waals surface area contributed by atoms with E-state index in [-0.39, 0.29) is 44.9 Å². The summed E-state index contributed by atoms with van der Waals surface area (Å²) in [5.41, 5.74) is 0. The zero-order chi connectivity index (χ0) is 23.0. The normalized spacial score (nSPS) is 12.8. The Morgan fingerprint density at radius 3 is 0.848 bits per heavy atom. The van der Waals surface area contributed by atoms with Crippen molar-refractivity contribution in [2.24, 2.45) is 0 Å². The summed E-state index contributed by atoms with van der Waals surface area (Å²) in [4.78, 5) is 43.0. The van der Waals surface area contributed by atoms with Crippen molar-refractivity contribution >= 4 is 73.2 Å². The van der Waals surface area contributed by atoms with E-state index in [1.54, 1.807) is 0 Å². The molecular formula is C21H27N9Se3. The predicted octanol–water partition coefficient (Wildman–Crippen LogP) is -2.45. The first-order chi connectivity index (χ1) is 16.1. The minimum atomic E-state index is -0.197. The van der Waals surface area contributed by atoms with Crippen molar-refractivity contribution in [1.29, 1.82) is 0 Å². The molecule has 33 heavy (non-hydrogen) atoms. The van der Waals surface area contributed by atoms with Crippen molar-refractivity contribution in [2.45, 2.75) is 78.6 Å². The van der Waals surface area contributed by atoms with Gasteiger partial charge in [0.15, 0.2) is 0 Å². The van der Waals surface area contributed by atoms with Crippen molar-refractivity contribution < 1.29 is 0 Å². The van der Waals surface area contributed by atoms with Gasteiger partial charge >= 0.3 is 214 Å². The average molecular weight is 642 g/mol. The molecule has 0 atom stereocenters. The van der Waals surface area contributed by atoms with Gasteiger partial charge in [-0.25, -0.2) is 0 Å². The van der Waals surface area contributed by atoms with Crippen LogP contribution < -0.4 is 28.3 Å². The van der Waals surface area contributed by atoms with Crippen molar-refractivity contribution in [2.75, 3.05) is 0 Å². The molecule has 6 bridgehead atoms. The topological polar surface area (TPSA) is 116 Å². The van der Waals surface area contributed by atoms with Crippen molar-refractivity contribution in [3.8, 4) is 0 Å². The molecule has 1 aliphatic heterocycles. The fourth-order valence-corrected chi connectivity index (χ4v) is 8.46. The standard InChI is InChI=1S/C21H27N9Se3/c1-4-7-10-13-22-16-28-17(23-13)32-19-25-15(12-9-6-3)27-21(30-19)33-20-26-14(11-8-5-2)24-18(29-20)31-16/h4-12H2,1-3H3. The molecule has 0 amide bonds. The first-order valence-electron chi connectivity index (χ1n) is 11.4. The van der Waals surface area contributed by atoms with Gasteiger partial charge in [0, 0.05) is 0 Å². The summed E-state index contributed by atoms with van der Waals surface area (Å²) in [6.45, 7) is 6.54. The van der Waals surface area contributed by atoms with E-state index in [1.165, 1.54) is 0 Å². The molecule has 1 aliphatic rings.